The normalized spacial score (nSPS) is 18.6. The Labute approximate surface area is 151 Å². The van der Waals surface area contributed by atoms with E-state index in [1.54, 1.807) is 11.8 Å². The Morgan fingerprint density at radius 2 is 1.64 bits per heavy atom. The van der Waals surface area contributed by atoms with E-state index >= 15 is 0 Å². The van der Waals surface area contributed by atoms with Gasteiger partial charge < -0.3 is 16.4 Å². The van der Waals surface area contributed by atoms with Crippen molar-refractivity contribution in [3.05, 3.63) is 48.5 Å². The summed E-state index contributed by atoms with van der Waals surface area (Å²) in [6, 6.07) is 14.4. The van der Waals surface area contributed by atoms with E-state index in [4.69, 9.17) is 5.73 Å². The molecule has 2 amide bonds. The van der Waals surface area contributed by atoms with E-state index in [0.717, 1.165) is 15.5 Å². The molecule has 8 heteroatoms. The number of hydrogen-bond acceptors (Lipinski definition) is 5. The Bertz CT molecular complexity index is 850. The van der Waals surface area contributed by atoms with Crippen LogP contribution in [0.3, 0.4) is 0 Å². The second-order valence-electron chi connectivity index (χ2n) is 5.89. The molecule has 1 saturated heterocycles. The van der Waals surface area contributed by atoms with Crippen LogP contribution in [0, 0.1) is 0 Å². The number of nitrogen functional groups attached to an aromatic ring is 1. The van der Waals surface area contributed by atoms with Gasteiger partial charge in [-0.2, -0.15) is 0 Å². The number of nitrogens with one attached hydrogen (secondary N) is 2. The molecule has 1 fully saturated rings. The summed E-state index contributed by atoms with van der Waals surface area (Å²) in [6.45, 7) is 0. The van der Waals surface area contributed by atoms with Crippen LogP contribution in [0.25, 0.3) is 0 Å². The van der Waals surface area contributed by atoms with Crippen molar-refractivity contribution >= 4 is 39.0 Å². The summed E-state index contributed by atoms with van der Waals surface area (Å²) >= 11 is 1.60. The van der Waals surface area contributed by atoms with Gasteiger partial charge in [0.25, 0.3) is 0 Å². The van der Waals surface area contributed by atoms with Crippen molar-refractivity contribution in [2.75, 3.05) is 22.6 Å². The van der Waals surface area contributed by atoms with E-state index in [1.165, 1.54) is 0 Å². The van der Waals surface area contributed by atoms with Crippen molar-refractivity contribution in [3.63, 3.8) is 0 Å². The van der Waals surface area contributed by atoms with Crippen molar-refractivity contribution in [1.29, 1.82) is 0 Å². The molecule has 2 aromatic rings. The molecule has 3 rings (SSSR count). The first-order chi connectivity index (χ1) is 11.9. The molecule has 0 spiro atoms. The molecule has 1 aliphatic rings. The lowest BCUT2D eigenvalue weighted by atomic mass is 10.3. The molecular formula is C17H19N3O3S2. The van der Waals surface area contributed by atoms with Crippen molar-refractivity contribution < 1.29 is 13.2 Å². The van der Waals surface area contributed by atoms with Crippen LogP contribution in [0.1, 0.15) is 6.42 Å². The maximum absolute atomic E-state index is 12.0. The van der Waals surface area contributed by atoms with Crippen LogP contribution in [0.15, 0.2) is 58.3 Å². The topological polar surface area (TPSA) is 101 Å². The standard InChI is InChI=1S/C17H19N3O3S2/c18-12-1-5-15(6-2-12)24-16-7-3-13(4-8-16)19-17(21)20-14-9-10-25(22,23)11-14/h1-8,14H,9-11,18H2,(H2,19,20,21). The number of anilines is 2. The highest BCUT2D eigenvalue weighted by atomic mass is 32.2. The van der Waals surface area contributed by atoms with Crippen LogP contribution >= 0.6 is 11.8 Å². The maximum Gasteiger partial charge on any atom is 0.319 e. The highest BCUT2D eigenvalue weighted by molar-refractivity contribution is 7.99. The molecule has 132 valence electrons. The predicted molar refractivity (Wildman–Crippen MR) is 101 cm³/mol. The first-order valence-electron chi connectivity index (χ1n) is 7.81. The third-order valence-corrected chi connectivity index (χ3v) is 6.58. The second-order valence-corrected chi connectivity index (χ2v) is 9.27. The molecule has 1 heterocycles. The van der Waals surface area contributed by atoms with Crippen LogP contribution in [0.5, 0.6) is 0 Å². The molecule has 0 aromatic heterocycles. The molecule has 0 bridgehead atoms. The van der Waals surface area contributed by atoms with E-state index in [2.05, 4.69) is 10.6 Å². The number of carbonyl (C=O) groups excluding carboxylic acids is 1. The zero-order valence-corrected chi connectivity index (χ0v) is 15.1. The van der Waals surface area contributed by atoms with Crippen LogP contribution in [-0.2, 0) is 9.84 Å². The minimum Gasteiger partial charge on any atom is -0.399 e. The molecule has 0 aliphatic carbocycles. The summed E-state index contributed by atoms with van der Waals surface area (Å²) in [5.41, 5.74) is 7.05. The number of rotatable bonds is 4. The Morgan fingerprint density at radius 3 is 2.20 bits per heavy atom. The van der Waals surface area contributed by atoms with E-state index in [9.17, 15) is 13.2 Å². The third-order valence-electron chi connectivity index (χ3n) is 3.80. The van der Waals surface area contributed by atoms with Crippen LogP contribution in [0.2, 0.25) is 0 Å². The SMILES string of the molecule is Nc1ccc(Sc2ccc(NC(=O)NC3CCS(=O)(=O)C3)cc2)cc1. The average molecular weight is 377 g/mol. The summed E-state index contributed by atoms with van der Waals surface area (Å²) in [5.74, 6) is 0.145. The largest absolute Gasteiger partial charge is 0.399 e. The van der Waals surface area contributed by atoms with E-state index < -0.39 is 9.84 Å². The van der Waals surface area contributed by atoms with Crippen molar-refractivity contribution in [2.24, 2.45) is 0 Å². The van der Waals surface area contributed by atoms with Gasteiger partial charge in [0.2, 0.25) is 0 Å². The molecule has 6 nitrogen and oxygen atoms in total. The minimum absolute atomic E-state index is 0.0115. The Hall–Kier alpha value is -2.19. The van der Waals surface area contributed by atoms with Crippen LogP contribution in [-0.4, -0.2) is 32.0 Å². The smallest absolute Gasteiger partial charge is 0.319 e. The fourth-order valence-electron chi connectivity index (χ4n) is 2.54. The molecule has 0 radical (unpaired) electrons. The quantitative estimate of drug-likeness (QED) is 0.711. The third kappa shape index (κ3) is 5.14. The molecule has 1 aliphatic heterocycles. The summed E-state index contributed by atoms with van der Waals surface area (Å²) in [5, 5.41) is 5.42. The monoisotopic (exact) mass is 377 g/mol. The number of carbonyl (C=O) groups is 1. The minimum atomic E-state index is -3.01. The predicted octanol–water partition coefficient (Wildman–Crippen LogP) is 2.73. The van der Waals surface area contributed by atoms with Crippen molar-refractivity contribution in [1.82, 2.24) is 5.32 Å². The second kappa shape index (κ2) is 7.37. The first-order valence-corrected chi connectivity index (χ1v) is 10.4. The number of amides is 2. The lowest BCUT2D eigenvalue weighted by molar-refractivity contribution is 0.249. The summed E-state index contributed by atoms with van der Waals surface area (Å²) in [4.78, 5) is 14.1. The Morgan fingerprint density at radius 1 is 1.04 bits per heavy atom. The van der Waals surface area contributed by atoms with Gasteiger partial charge in [0.1, 0.15) is 0 Å². The molecule has 4 N–H and O–H groups in total. The fraction of sp³-hybridized carbons (Fsp3) is 0.235. The molecule has 1 unspecified atom stereocenters. The number of benzene rings is 2. The number of hydrogen-bond donors (Lipinski definition) is 3. The van der Waals surface area contributed by atoms with Crippen LogP contribution in [0.4, 0.5) is 16.2 Å². The van der Waals surface area contributed by atoms with Gasteiger partial charge in [0, 0.05) is 27.2 Å². The highest BCUT2D eigenvalue weighted by Gasteiger charge is 2.28. The van der Waals surface area contributed by atoms with E-state index in [1.807, 2.05) is 48.5 Å². The summed E-state index contributed by atoms with van der Waals surface area (Å²) < 4.78 is 22.8. The molecule has 25 heavy (non-hydrogen) atoms. The average Bonchev–Trinajstić information content (AvgIpc) is 2.90. The molecule has 2 aromatic carbocycles. The molecular weight excluding hydrogens is 358 g/mol. The Kier molecular flexibility index (Phi) is 5.19. The van der Waals surface area contributed by atoms with Gasteiger partial charge in [-0.05, 0) is 55.0 Å². The summed E-state index contributed by atoms with van der Waals surface area (Å²) in [7, 11) is -3.01. The highest BCUT2D eigenvalue weighted by Crippen LogP contribution is 2.29. The van der Waals surface area contributed by atoms with Gasteiger partial charge in [-0.25, -0.2) is 13.2 Å². The van der Waals surface area contributed by atoms with Gasteiger partial charge >= 0.3 is 6.03 Å². The number of urea groups is 1. The van der Waals surface area contributed by atoms with Gasteiger partial charge in [-0.15, -0.1) is 0 Å². The van der Waals surface area contributed by atoms with Gasteiger partial charge in [-0.3, -0.25) is 0 Å². The van der Waals surface area contributed by atoms with Crippen molar-refractivity contribution in [3.8, 4) is 0 Å². The fourth-order valence-corrected chi connectivity index (χ4v) is 5.03. The number of sulfone groups is 1. The summed E-state index contributed by atoms with van der Waals surface area (Å²) in [6.07, 6.45) is 0.465. The zero-order valence-electron chi connectivity index (χ0n) is 13.4. The molecule has 0 saturated carbocycles. The molecule has 1 atom stereocenters. The lowest BCUT2D eigenvalue weighted by Crippen LogP contribution is -2.38. The Balaban J connectivity index is 1.53. The zero-order chi connectivity index (χ0) is 17.9. The first kappa shape index (κ1) is 17.6. The van der Waals surface area contributed by atoms with Gasteiger partial charge in [0.05, 0.1) is 11.5 Å². The lowest BCUT2D eigenvalue weighted by Gasteiger charge is -2.12. The van der Waals surface area contributed by atoms with E-state index in [0.29, 0.717) is 12.1 Å². The van der Waals surface area contributed by atoms with Gasteiger partial charge in [0.15, 0.2) is 9.84 Å². The number of nitrogens with two attached hydrogens (primary N) is 1. The van der Waals surface area contributed by atoms with E-state index in [-0.39, 0.29) is 23.6 Å². The maximum atomic E-state index is 12.0. The van der Waals surface area contributed by atoms with Crippen LogP contribution < -0.4 is 16.4 Å². The van der Waals surface area contributed by atoms with Crippen molar-refractivity contribution in [2.45, 2.75) is 22.3 Å². The van der Waals surface area contributed by atoms with Gasteiger partial charge in [-0.1, -0.05) is 11.8 Å².